The highest BCUT2D eigenvalue weighted by atomic mass is 16.4. The molecule has 0 radical (unpaired) electrons. The number of carboxylic acid groups (broad SMARTS) is 1. The predicted octanol–water partition coefficient (Wildman–Crippen LogP) is 2.53. The van der Waals surface area contributed by atoms with E-state index in [0.717, 1.165) is 6.42 Å². The minimum Gasteiger partial charge on any atom is -0.481 e. The van der Waals surface area contributed by atoms with Gasteiger partial charge in [0, 0.05) is 19.0 Å². The minimum atomic E-state index is -0.742. The zero-order valence-corrected chi connectivity index (χ0v) is 12.5. The Hall–Kier alpha value is -1.06. The molecule has 4 nitrogen and oxygen atoms in total. The van der Waals surface area contributed by atoms with Crippen LogP contribution in [0.1, 0.15) is 52.4 Å². The summed E-state index contributed by atoms with van der Waals surface area (Å²) in [6.45, 7) is 4.94. The van der Waals surface area contributed by atoms with Crippen molar-refractivity contribution in [3.05, 3.63) is 0 Å². The van der Waals surface area contributed by atoms with Crippen LogP contribution in [0.5, 0.6) is 0 Å². The Bertz CT molecular complexity index is 439. The number of likely N-dealkylation sites (tertiary alicyclic amines) is 1. The highest BCUT2D eigenvalue weighted by Gasteiger charge is 2.61. The standard InChI is InChI=1S/C16H25NO3/c1-11(2)16(14(19)20)7-8-17(10-16)13(18)12-9-15(12)5-3-4-6-15/h11-12H,3-10H2,1-2H3,(H,19,20). The Morgan fingerprint density at radius 3 is 2.35 bits per heavy atom. The average Bonchev–Trinajstić information content (AvgIpc) is 2.80. The lowest BCUT2D eigenvalue weighted by molar-refractivity contribution is -0.151. The zero-order chi connectivity index (χ0) is 14.5. The van der Waals surface area contributed by atoms with Gasteiger partial charge in [0.1, 0.15) is 0 Å². The van der Waals surface area contributed by atoms with Crippen molar-refractivity contribution in [2.75, 3.05) is 13.1 Å². The number of nitrogens with zero attached hydrogens (tertiary/aromatic N) is 1. The normalized spacial score (nSPS) is 35.0. The van der Waals surface area contributed by atoms with Crippen molar-refractivity contribution < 1.29 is 14.7 Å². The number of aliphatic carboxylic acids is 1. The molecule has 3 aliphatic rings. The number of rotatable bonds is 3. The van der Waals surface area contributed by atoms with Gasteiger partial charge >= 0.3 is 5.97 Å². The predicted molar refractivity (Wildman–Crippen MR) is 75.1 cm³/mol. The maximum absolute atomic E-state index is 12.6. The lowest BCUT2D eigenvalue weighted by Crippen LogP contribution is -2.41. The molecule has 2 saturated carbocycles. The molecule has 0 bridgehead atoms. The van der Waals surface area contributed by atoms with Gasteiger partial charge in [-0.15, -0.1) is 0 Å². The lowest BCUT2D eigenvalue weighted by Gasteiger charge is -2.28. The average molecular weight is 279 g/mol. The van der Waals surface area contributed by atoms with Crippen molar-refractivity contribution in [3.63, 3.8) is 0 Å². The first kappa shape index (κ1) is 13.9. The molecule has 0 aromatic carbocycles. The van der Waals surface area contributed by atoms with Crippen molar-refractivity contribution in [1.82, 2.24) is 4.90 Å². The van der Waals surface area contributed by atoms with Gasteiger partial charge in [0.25, 0.3) is 0 Å². The molecule has 3 rings (SSSR count). The number of carbonyl (C=O) groups is 2. The molecule has 2 unspecified atom stereocenters. The summed E-state index contributed by atoms with van der Waals surface area (Å²) in [4.78, 5) is 26.1. The maximum Gasteiger partial charge on any atom is 0.311 e. The molecular weight excluding hydrogens is 254 g/mol. The summed E-state index contributed by atoms with van der Waals surface area (Å²) < 4.78 is 0. The molecule has 3 fully saturated rings. The second-order valence-corrected chi connectivity index (χ2v) is 7.45. The summed E-state index contributed by atoms with van der Waals surface area (Å²) in [7, 11) is 0. The summed E-state index contributed by atoms with van der Waals surface area (Å²) in [6.07, 6.45) is 6.57. The molecule has 2 atom stereocenters. The Balaban J connectivity index is 1.68. The molecule has 1 heterocycles. The van der Waals surface area contributed by atoms with E-state index in [1.54, 1.807) is 0 Å². The Morgan fingerprint density at radius 2 is 1.85 bits per heavy atom. The number of hydrogen-bond acceptors (Lipinski definition) is 2. The van der Waals surface area contributed by atoms with Crippen LogP contribution in [-0.2, 0) is 9.59 Å². The van der Waals surface area contributed by atoms with Crippen molar-refractivity contribution in [1.29, 1.82) is 0 Å². The maximum atomic E-state index is 12.6. The van der Waals surface area contributed by atoms with Crippen molar-refractivity contribution in [2.45, 2.75) is 52.4 Å². The van der Waals surface area contributed by atoms with Crippen LogP contribution >= 0.6 is 0 Å². The Kier molecular flexibility index (Phi) is 3.11. The van der Waals surface area contributed by atoms with Crippen molar-refractivity contribution >= 4 is 11.9 Å². The third-order valence-corrected chi connectivity index (χ3v) is 6.23. The van der Waals surface area contributed by atoms with E-state index in [2.05, 4.69) is 0 Å². The van der Waals surface area contributed by atoms with Gasteiger partial charge in [-0.3, -0.25) is 9.59 Å². The van der Waals surface area contributed by atoms with Gasteiger partial charge in [-0.05, 0) is 37.0 Å². The molecular formula is C16H25NO3. The van der Waals surface area contributed by atoms with E-state index >= 15 is 0 Å². The third kappa shape index (κ3) is 1.87. The highest BCUT2D eigenvalue weighted by Crippen LogP contribution is 2.63. The van der Waals surface area contributed by atoms with Crippen LogP contribution in [0.3, 0.4) is 0 Å². The van der Waals surface area contributed by atoms with E-state index in [9.17, 15) is 14.7 Å². The van der Waals surface area contributed by atoms with E-state index in [4.69, 9.17) is 0 Å². The summed E-state index contributed by atoms with van der Waals surface area (Å²) in [5.74, 6) is -0.246. The fourth-order valence-electron chi connectivity index (χ4n) is 4.46. The molecule has 1 amide bonds. The van der Waals surface area contributed by atoms with Gasteiger partial charge < -0.3 is 10.0 Å². The second-order valence-electron chi connectivity index (χ2n) is 7.45. The zero-order valence-electron chi connectivity index (χ0n) is 12.5. The summed E-state index contributed by atoms with van der Waals surface area (Å²) in [5, 5.41) is 9.56. The molecule has 1 spiro atoms. The van der Waals surface area contributed by atoms with Crippen LogP contribution < -0.4 is 0 Å². The Labute approximate surface area is 120 Å². The van der Waals surface area contributed by atoms with Gasteiger partial charge in [-0.2, -0.15) is 0 Å². The molecule has 0 aromatic rings. The molecule has 0 aromatic heterocycles. The molecule has 20 heavy (non-hydrogen) atoms. The quantitative estimate of drug-likeness (QED) is 0.863. The van der Waals surface area contributed by atoms with Crippen LogP contribution in [0, 0.1) is 22.7 Å². The van der Waals surface area contributed by atoms with E-state index in [1.807, 2.05) is 18.7 Å². The van der Waals surface area contributed by atoms with Gasteiger partial charge in [0.05, 0.1) is 5.41 Å². The van der Waals surface area contributed by atoms with Crippen LogP contribution in [0.2, 0.25) is 0 Å². The van der Waals surface area contributed by atoms with Crippen LogP contribution in [0.15, 0.2) is 0 Å². The summed E-state index contributed by atoms with van der Waals surface area (Å²) in [5.41, 5.74) is -0.420. The molecule has 2 aliphatic carbocycles. The van der Waals surface area contributed by atoms with Gasteiger partial charge in [-0.1, -0.05) is 26.7 Å². The summed E-state index contributed by atoms with van der Waals surface area (Å²) in [6, 6.07) is 0. The largest absolute Gasteiger partial charge is 0.481 e. The molecule has 112 valence electrons. The van der Waals surface area contributed by atoms with Crippen LogP contribution in [0.25, 0.3) is 0 Å². The first-order valence-corrected chi connectivity index (χ1v) is 7.93. The van der Waals surface area contributed by atoms with E-state index in [0.29, 0.717) is 24.9 Å². The van der Waals surface area contributed by atoms with Crippen LogP contribution in [-0.4, -0.2) is 35.0 Å². The van der Waals surface area contributed by atoms with E-state index in [-0.39, 0.29) is 17.7 Å². The van der Waals surface area contributed by atoms with Gasteiger partial charge in [-0.25, -0.2) is 0 Å². The van der Waals surface area contributed by atoms with Crippen molar-refractivity contribution in [3.8, 4) is 0 Å². The van der Waals surface area contributed by atoms with Crippen LogP contribution in [0.4, 0.5) is 0 Å². The number of amides is 1. The SMILES string of the molecule is CC(C)C1(C(=O)O)CCN(C(=O)C2CC23CCCC3)C1. The van der Waals surface area contributed by atoms with Gasteiger partial charge in [0.15, 0.2) is 0 Å². The summed E-state index contributed by atoms with van der Waals surface area (Å²) >= 11 is 0. The number of carboxylic acids is 1. The topological polar surface area (TPSA) is 57.6 Å². The monoisotopic (exact) mass is 279 g/mol. The molecule has 1 N–H and O–H groups in total. The fraction of sp³-hybridized carbons (Fsp3) is 0.875. The van der Waals surface area contributed by atoms with E-state index in [1.165, 1.54) is 25.7 Å². The third-order valence-electron chi connectivity index (χ3n) is 6.23. The fourth-order valence-corrected chi connectivity index (χ4v) is 4.46. The van der Waals surface area contributed by atoms with Crippen molar-refractivity contribution in [2.24, 2.45) is 22.7 Å². The first-order chi connectivity index (χ1) is 9.41. The van der Waals surface area contributed by atoms with Gasteiger partial charge in [0.2, 0.25) is 5.91 Å². The highest BCUT2D eigenvalue weighted by molar-refractivity contribution is 5.85. The number of hydrogen-bond donors (Lipinski definition) is 1. The van der Waals surface area contributed by atoms with E-state index < -0.39 is 11.4 Å². The minimum absolute atomic E-state index is 0.0671. The molecule has 4 heteroatoms. The Morgan fingerprint density at radius 1 is 1.20 bits per heavy atom. The molecule has 1 aliphatic heterocycles. The molecule has 1 saturated heterocycles. The first-order valence-electron chi connectivity index (χ1n) is 7.93. The smallest absolute Gasteiger partial charge is 0.311 e. The second kappa shape index (κ2) is 4.47. The number of carbonyl (C=O) groups excluding carboxylic acids is 1. The lowest BCUT2D eigenvalue weighted by atomic mass is 9.76.